The number of para-hydroxylation sites is 1. The molecule has 0 atom stereocenters. The molecule has 9 rings (SSSR count). The van der Waals surface area contributed by atoms with E-state index in [1.54, 1.807) is 108 Å². The maximum Gasteiger partial charge on any atom is 0.337 e. The molecule has 5 heterocycles. The van der Waals surface area contributed by atoms with Gasteiger partial charge in [0.05, 0.1) is 61.8 Å². The molecule has 8 bridgehead atoms. The molecule has 0 fully saturated rings. The fourth-order valence-corrected chi connectivity index (χ4v) is 7.86. The fraction of sp³-hybridized carbons (Fsp3) is 0. The number of hydrogen-bond acceptors (Lipinski definition) is 6. The lowest BCUT2D eigenvalue weighted by Gasteiger charge is -2.16. The van der Waals surface area contributed by atoms with Gasteiger partial charge >= 0.3 is 23.9 Å². The maximum absolute atomic E-state index is 13.2. The van der Waals surface area contributed by atoms with Gasteiger partial charge in [-0.15, -0.1) is 0 Å². The van der Waals surface area contributed by atoms with E-state index in [4.69, 9.17) is 9.97 Å². The molecule has 0 amide bonds. The van der Waals surface area contributed by atoms with Gasteiger partial charge in [-0.2, -0.15) is 0 Å². The number of aromatic nitrogens is 4. The van der Waals surface area contributed by atoms with Crippen LogP contribution in [0, 0.1) is 0 Å². The van der Waals surface area contributed by atoms with E-state index >= 15 is 0 Å². The highest BCUT2D eigenvalue weighted by molar-refractivity contribution is 6.17. The van der Waals surface area contributed by atoms with Crippen molar-refractivity contribution in [2.45, 2.75) is 0 Å². The normalized spacial score (nSPS) is 11.7. The number of rotatable bonds is 8. The molecular formula is C48H30N4O8. The lowest BCUT2D eigenvalue weighted by molar-refractivity contribution is 0.0686. The molecule has 0 spiro atoms. The van der Waals surface area contributed by atoms with Crippen LogP contribution in [0.25, 0.3) is 85.4 Å². The topological polar surface area (TPSA) is 196 Å². The number of carbonyl (C=O) groups is 4. The Labute approximate surface area is 340 Å². The second-order valence-electron chi connectivity index (χ2n) is 13.9. The SMILES string of the molecule is O=C(O)c1ccccc1-c1c(-c2ccccc2C(=O)O)c2c(-c3ccccc3C(=O)O)c3nc(cc4ccc(cc5nc(cc1n2-c1ccccc1C(=O)O)C=C5)[nH]4)C=C3. The van der Waals surface area contributed by atoms with Gasteiger partial charge in [-0.25, -0.2) is 29.1 Å². The van der Waals surface area contributed by atoms with Crippen LogP contribution < -0.4 is 0 Å². The molecule has 12 heteroatoms. The number of aromatic amines is 1. The van der Waals surface area contributed by atoms with Crippen LogP contribution in [-0.4, -0.2) is 63.8 Å². The molecule has 60 heavy (non-hydrogen) atoms. The largest absolute Gasteiger partial charge is 0.478 e. The lowest BCUT2D eigenvalue weighted by Crippen LogP contribution is -2.07. The molecule has 0 aliphatic carbocycles. The maximum atomic E-state index is 13.2. The van der Waals surface area contributed by atoms with Gasteiger partial charge < -0.3 is 30.0 Å². The molecule has 3 aromatic heterocycles. The zero-order chi connectivity index (χ0) is 41.7. The molecule has 2 aliphatic heterocycles. The highest BCUT2D eigenvalue weighted by Gasteiger charge is 2.31. The van der Waals surface area contributed by atoms with Crippen molar-refractivity contribution in [3.8, 4) is 39.1 Å². The monoisotopic (exact) mass is 790 g/mol. The Balaban J connectivity index is 1.71. The van der Waals surface area contributed by atoms with Crippen LogP contribution in [0.3, 0.4) is 0 Å². The van der Waals surface area contributed by atoms with Crippen LogP contribution >= 0.6 is 0 Å². The molecule has 4 aromatic carbocycles. The van der Waals surface area contributed by atoms with Crippen LogP contribution in [0.1, 0.15) is 64.2 Å². The van der Waals surface area contributed by atoms with Gasteiger partial charge in [0.2, 0.25) is 0 Å². The van der Waals surface area contributed by atoms with Crippen molar-refractivity contribution in [3.05, 3.63) is 172 Å². The number of nitrogens with one attached hydrogen (secondary N) is 1. The van der Waals surface area contributed by atoms with Crippen molar-refractivity contribution in [3.63, 3.8) is 0 Å². The predicted octanol–water partition coefficient (Wildman–Crippen LogP) is 9.91. The fourth-order valence-electron chi connectivity index (χ4n) is 7.86. The van der Waals surface area contributed by atoms with Crippen molar-refractivity contribution in [1.29, 1.82) is 0 Å². The van der Waals surface area contributed by atoms with Gasteiger partial charge in [0.15, 0.2) is 0 Å². The van der Waals surface area contributed by atoms with E-state index in [1.165, 1.54) is 24.3 Å². The van der Waals surface area contributed by atoms with Crippen molar-refractivity contribution < 1.29 is 39.6 Å². The van der Waals surface area contributed by atoms with Crippen LogP contribution in [-0.2, 0) is 0 Å². The highest BCUT2D eigenvalue weighted by Crippen LogP contribution is 2.49. The average molecular weight is 791 g/mol. The Morgan fingerprint density at radius 1 is 0.450 bits per heavy atom. The first-order valence-corrected chi connectivity index (χ1v) is 18.5. The van der Waals surface area contributed by atoms with E-state index in [-0.39, 0.29) is 78.0 Å². The standard InChI is InChI=1S/C48H30N4O8/c53-45(54)34-12-4-1-9-31(34)41-38-22-21-29(51-38)24-28-18-17-26(49-28)23-27-19-20-30(50-27)25-40-42(32-10-2-5-13-35(32)46(55)56)43(33-11-3-6-14-36(33)47(57)58)44(41)52(40)39-16-8-7-15-37(39)48(59)60/h1-25,49H,(H,53,54)(H,55,56)(H,57,58)(H,59,60). The Morgan fingerprint density at radius 2 is 0.883 bits per heavy atom. The number of benzene rings is 4. The van der Waals surface area contributed by atoms with Crippen LogP contribution in [0.2, 0.25) is 0 Å². The smallest absolute Gasteiger partial charge is 0.337 e. The third kappa shape index (κ3) is 6.39. The molecule has 290 valence electrons. The molecule has 5 N–H and O–H groups in total. The zero-order valence-electron chi connectivity index (χ0n) is 31.2. The first-order valence-electron chi connectivity index (χ1n) is 18.5. The lowest BCUT2D eigenvalue weighted by atomic mass is 9.88. The Hall–Kier alpha value is -8.64. The van der Waals surface area contributed by atoms with E-state index in [9.17, 15) is 39.6 Å². The minimum absolute atomic E-state index is 0.111. The van der Waals surface area contributed by atoms with E-state index in [0.29, 0.717) is 22.6 Å². The first-order chi connectivity index (χ1) is 29.1. The van der Waals surface area contributed by atoms with Gasteiger partial charge in [-0.05, 0) is 96.1 Å². The summed E-state index contributed by atoms with van der Waals surface area (Å²) in [6, 6.07) is 34.1. The minimum atomic E-state index is -1.30. The van der Waals surface area contributed by atoms with Gasteiger partial charge in [-0.3, -0.25) is 0 Å². The number of aromatic carboxylic acids is 4. The number of nitrogens with zero attached hydrogens (tertiary/aromatic N) is 3. The van der Waals surface area contributed by atoms with Crippen molar-refractivity contribution >= 4 is 70.2 Å². The Bertz CT molecular complexity index is 3240. The Kier molecular flexibility index (Phi) is 9.06. The van der Waals surface area contributed by atoms with Crippen LogP contribution in [0.4, 0.5) is 0 Å². The summed E-state index contributed by atoms with van der Waals surface area (Å²) in [7, 11) is 0. The summed E-state index contributed by atoms with van der Waals surface area (Å²) in [4.78, 5) is 66.1. The summed E-state index contributed by atoms with van der Waals surface area (Å²) >= 11 is 0. The first kappa shape index (κ1) is 37.0. The van der Waals surface area contributed by atoms with Crippen LogP contribution in [0.15, 0.2) is 127 Å². The number of carboxylic acid groups (broad SMARTS) is 4. The van der Waals surface area contributed by atoms with Gasteiger partial charge in [0.1, 0.15) is 0 Å². The summed E-state index contributed by atoms with van der Waals surface area (Å²) in [5, 5.41) is 43.0. The number of fused-ring (bicyclic) bond motifs is 8. The van der Waals surface area contributed by atoms with E-state index in [2.05, 4.69) is 4.98 Å². The summed E-state index contributed by atoms with van der Waals surface area (Å²) in [5.74, 6) is -5.14. The second kappa shape index (κ2) is 14.7. The summed E-state index contributed by atoms with van der Waals surface area (Å²) in [6.07, 6.45) is 7.01. The highest BCUT2D eigenvalue weighted by atomic mass is 16.4. The molecule has 0 saturated heterocycles. The second-order valence-corrected chi connectivity index (χ2v) is 13.9. The molecule has 7 aromatic rings. The van der Waals surface area contributed by atoms with Crippen LogP contribution in [0.5, 0.6) is 0 Å². The molecule has 12 nitrogen and oxygen atoms in total. The van der Waals surface area contributed by atoms with Crippen molar-refractivity contribution in [2.75, 3.05) is 0 Å². The van der Waals surface area contributed by atoms with Crippen molar-refractivity contribution in [1.82, 2.24) is 19.5 Å². The van der Waals surface area contributed by atoms with Gasteiger partial charge in [0, 0.05) is 33.3 Å². The summed E-state index contributed by atoms with van der Waals surface area (Å²) < 4.78 is 1.62. The molecule has 0 radical (unpaired) electrons. The quantitative estimate of drug-likeness (QED) is 0.0988. The average Bonchev–Trinajstić information content (AvgIpc) is 4.06. The third-order valence-corrected chi connectivity index (χ3v) is 10.3. The minimum Gasteiger partial charge on any atom is -0.478 e. The van der Waals surface area contributed by atoms with E-state index in [1.807, 2.05) is 24.3 Å². The molecule has 0 unspecified atom stereocenters. The number of carboxylic acids is 4. The zero-order valence-corrected chi connectivity index (χ0v) is 31.2. The summed E-state index contributed by atoms with van der Waals surface area (Å²) in [6.45, 7) is 0. The van der Waals surface area contributed by atoms with Gasteiger partial charge in [-0.1, -0.05) is 66.7 Å². The molecule has 0 saturated carbocycles. The summed E-state index contributed by atoms with van der Waals surface area (Å²) in [5.41, 5.74) is 4.17. The molecule has 2 aliphatic rings. The Morgan fingerprint density at radius 3 is 1.43 bits per heavy atom. The van der Waals surface area contributed by atoms with E-state index < -0.39 is 23.9 Å². The number of hydrogen-bond donors (Lipinski definition) is 5. The third-order valence-electron chi connectivity index (χ3n) is 10.3. The van der Waals surface area contributed by atoms with Gasteiger partial charge in [0.25, 0.3) is 0 Å². The van der Waals surface area contributed by atoms with Crippen molar-refractivity contribution in [2.24, 2.45) is 0 Å². The number of H-pyrrole nitrogens is 1. The van der Waals surface area contributed by atoms with E-state index in [0.717, 1.165) is 5.52 Å². The molecular weight excluding hydrogens is 761 g/mol. The predicted molar refractivity (Wildman–Crippen MR) is 228 cm³/mol.